The molecule has 0 nitrogen and oxygen atoms in total. The molecule has 0 aliphatic heterocycles. The Morgan fingerprint density at radius 3 is 2.54 bits per heavy atom. The van der Waals surface area contributed by atoms with Crippen LogP contribution in [0.4, 0.5) is 4.39 Å². The van der Waals surface area contributed by atoms with Crippen molar-refractivity contribution in [2.75, 3.05) is 0 Å². The Bertz CT molecular complexity index is 371. The third kappa shape index (κ3) is 1.33. The summed E-state index contributed by atoms with van der Waals surface area (Å²) in [6.45, 7) is 0. The first kappa shape index (κ1) is 8.31. The number of hydrogen-bond donors (Lipinski definition) is 0. The van der Waals surface area contributed by atoms with Gasteiger partial charge in [-0.2, -0.15) is 0 Å². The summed E-state index contributed by atoms with van der Waals surface area (Å²) in [6.07, 6.45) is 9.34. The van der Waals surface area contributed by atoms with E-state index in [-0.39, 0.29) is 5.82 Å². The van der Waals surface area contributed by atoms with Crippen molar-refractivity contribution in [3.05, 3.63) is 34.6 Å². The zero-order chi connectivity index (χ0) is 9.26. The summed E-state index contributed by atoms with van der Waals surface area (Å²) < 4.78 is 13.3. The lowest BCUT2D eigenvalue weighted by molar-refractivity contribution is 0.578. The van der Waals surface area contributed by atoms with Gasteiger partial charge in [-0.1, -0.05) is 5.92 Å². The van der Waals surface area contributed by atoms with E-state index in [1.165, 1.54) is 6.07 Å². The SMILES string of the molecule is C#Cc1ccc(F)c2c1CCCC2. The van der Waals surface area contributed by atoms with E-state index in [0.29, 0.717) is 0 Å². The van der Waals surface area contributed by atoms with Crippen LogP contribution in [0.15, 0.2) is 12.1 Å². The van der Waals surface area contributed by atoms with Gasteiger partial charge in [0.2, 0.25) is 0 Å². The smallest absolute Gasteiger partial charge is 0.126 e. The molecule has 0 spiro atoms. The Labute approximate surface area is 77.8 Å². The fourth-order valence-electron chi connectivity index (χ4n) is 1.96. The maximum absolute atomic E-state index is 13.3. The van der Waals surface area contributed by atoms with Crippen LogP contribution in [-0.4, -0.2) is 0 Å². The van der Waals surface area contributed by atoms with Crippen LogP contribution in [0.2, 0.25) is 0 Å². The van der Waals surface area contributed by atoms with Gasteiger partial charge in [0.1, 0.15) is 5.82 Å². The highest BCUT2D eigenvalue weighted by Gasteiger charge is 2.15. The van der Waals surface area contributed by atoms with Crippen molar-refractivity contribution in [3.63, 3.8) is 0 Å². The third-order valence-electron chi connectivity index (χ3n) is 2.63. The molecular formula is C12H11F. The van der Waals surface area contributed by atoms with E-state index in [2.05, 4.69) is 5.92 Å². The highest BCUT2D eigenvalue weighted by atomic mass is 19.1. The molecule has 0 atom stereocenters. The summed E-state index contributed by atoms with van der Waals surface area (Å²) in [7, 11) is 0. The van der Waals surface area contributed by atoms with E-state index in [9.17, 15) is 4.39 Å². The van der Waals surface area contributed by atoms with Gasteiger partial charge >= 0.3 is 0 Å². The van der Waals surface area contributed by atoms with Gasteiger partial charge in [0.15, 0.2) is 0 Å². The van der Waals surface area contributed by atoms with Crippen molar-refractivity contribution in [1.82, 2.24) is 0 Å². The van der Waals surface area contributed by atoms with Gasteiger partial charge < -0.3 is 0 Å². The molecule has 0 fully saturated rings. The van der Waals surface area contributed by atoms with Crippen LogP contribution in [0.25, 0.3) is 0 Å². The van der Waals surface area contributed by atoms with Crippen LogP contribution in [-0.2, 0) is 12.8 Å². The van der Waals surface area contributed by atoms with E-state index in [1.807, 2.05) is 0 Å². The maximum Gasteiger partial charge on any atom is 0.126 e. The summed E-state index contributed by atoms with van der Waals surface area (Å²) in [4.78, 5) is 0. The van der Waals surface area contributed by atoms with Crippen LogP contribution in [0, 0.1) is 18.2 Å². The van der Waals surface area contributed by atoms with Crippen molar-refractivity contribution in [3.8, 4) is 12.3 Å². The normalized spacial score (nSPS) is 14.8. The Morgan fingerprint density at radius 2 is 1.85 bits per heavy atom. The molecule has 1 aromatic carbocycles. The second kappa shape index (κ2) is 3.22. The van der Waals surface area contributed by atoms with E-state index in [4.69, 9.17) is 6.42 Å². The van der Waals surface area contributed by atoms with Gasteiger partial charge in [-0.15, -0.1) is 6.42 Å². The number of benzene rings is 1. The standard InChI is InChI=1S/C12H11F/c1-2-9-7-8-12(13)11-6-4-3-5-10(9)11/h1,7-8H,3-6H2. The first-order valence-electron chi connectivity index (χ1n) is 4.60. The predicted molar refractivity (Wildman–Crippen MR) is 51.0 cm³/mol. The van der Waals surface area contributed by atoms with Crippen LogP contribution in [0.1, 0.15) is 29.5 Å². The lowest BCUT2D eigenvalue weighted by Crippen LogP contribution is -2.07. The van der Waals surface area contributed by atoms with Gasteiger partial charge in [-0.25, -0.2) is 4.39 Å². The molecule has 1 aliphatic carbocycles. The summed E-state index contributed by atoms with van der Waals surface area (Å²) >= 11 is 0. The van der Waals surface area contributed by atoms with Crippen molar-refractivity contribution in [2.45, 2.75) is 25.7 Å². The number of terminal acetylenes is 1. The fraction of sp³-hybridized carbons (Fsp3) is 0.333. The minimum absolute atomic E-state index is 0.0892. The van der Waals surface area contributed by atoms with Gasteiger partial charge in [-0.05, 0) is 48.9 Å². The molecule has 0 unspecified atom stereocenters. The Balaban J connectivity index is 2.61. The van der Waals surface area contributed by atoms with Crippen molar-refractivity contribution in [2.24, 2.45) is 0 Å². The molecule has 1 heteroatoms. The molecule has 0 saturated carbocycles. The number of rotatable bonds is 0. The number of fused-ring (bicyclic) bond motifs is 1. The highest BCUT2D eigenvalue weighted by Crippen LogP contribution is 2.26. The van der Waals surface area contributed by atoms with Gasteiger partial charge in [0, 0.05) is 5.56 Å². The second-order valence-electron chi connectivity index (χ2n) is 3.40. The van der Waals surface area contributed by atoms with Gasteiger partial charge in [0.05, 0.1) is 0 Å². The minimum Gasteiger partial charge on any atom is -0.207 e. The monoisotopic (exact) mass is 174 g/mol. The molecule has 0 aromatic heterocycles. The Morgan fingerprint density at radius 1 is 1.15 bits per heavy atom. The molecule has 0 heterocycles. The number of halogens is 1. The molecule has 66 valence electrons. The average Bonchev–Trinajstić information content (AvgIpc) is 2.19. The first-order chi connectivity index (χ1) is 6.33. The van der Waals surface area contributed by atoms with E-state index >= 15 is 0 Å². The summed E-state index contributed by atoms with van der Waals surface area (Å²) in [5, 5.41) is 0. The van der Waals surface area contributed by atoms with E-state index in [1.54, 1.807) is 6.07 Å². The molecule has 0 amide bonds. The lowest BCUT2D eigenvalue weighted by atomic mass is 9.88. The Kier molecular flexibility index (Phi) is 2.06. The van der Waals surface area contributed by atoms with Crippen LogP contribution in [0.5, 0.6) is 0 Å². The lowest BCUT2D eigenvalue weighted by Gasteiger charge is -2.17. The first-order valence-corrected chi connectivity index (χ1v) is 4.60. The van der Waals surface area contributed by atoms with E-state index in [0.717, 1.165) is 42.4 Å². The molecule has 0 radical (unpaired) electrons. The fourth-order valence-corrected chi connectivity index (χ4v) is 1.96. The molecular weight excluding hydrogens is 163 g/mol. The molecule has 0 saturated heterocycles. The van der Waals surface area contributed by atoms with E-state index < -0.39 is 0 Å². The summed E-state index contributed by atoms with van der Waals surface area (Å²) in [5.41, 5.74) is 2.78. The molecule has 0 N–H and O–H groups in total. The quantitative estimate of drug-likeness (QED) is 0.530. The minimum atomic E-state index is -0.0892. The van der Waals surface area contributed by atoms with Gasteiger partial charge in [0.25, 0.3) is 0 Å². The second-order valence-corrected chi connectivity index (χ2v) is 3.40. The van der Waals surface area contributed by atoms with Crippen molar-refractivity contribution < 1.29 is 4.39 Å². The zero-order valence-corrected chi connectivity index (χ0v) is 7.44. The summed E-state index contributed by atoms with van der Waals surface area (Å²) in [5.74, 6) is 2.53. The van der Waals surface area contributed by atoms with Crippen molar-refractivity contribution >= 4 is 0 Å². The molecule has 1 aromatic rings. The summed E-state index contributed by atoms with van der Waals surface area (Å²) in [6, 6.07) is 3.19. The molecule has 1 aliphatic rings. The maximum atomic E-state index is 13.3. The molecule has 0 bridgehead atoms. The molecule has 13 heavy (non-hydrogen) atoms. The third-order valence-corrected chi connectivity index (χ3v) is 2.63. The average molecular weight is 174 g/mol. The van der Waals surface area contributed by atoms with Crippen molar-refractivity contribution in [1.29, 1.82) is 0 Å². The van der Waals surface area contributed by atoms with Gasteiger partial charge in [-0.3, -0.25) is 0 Å². The molecule has 2 rings (SSSR count). The highest BCUT2D eigenvalue weighted by molar-refractivity contribution is 5.46. The van der Waals surface area contributed by atoms with Crippen LogP contribution < -0.4 is 0 Å². The zero-order valence-electron chi connectivity index (χ0n) is 7.44. The Hall–Kier alpha value is -1.29. The largest absolute Gasteiger partial charge is 0.207 e. The van der Waals surface area contributed by atoms with Crippen LogP contribution in [0.3, 0.4) is 0 Å². The number of hydrogen-bond acceptors (Lipinski definition) is 0. The topological polar surface area (TPSA) is 0 Å². The van der Waals surface area contributed by atoms with Crippen LogP contribution >= 0.6 is 0 Å². The predicted octanol–water partition coefficient (Wildman–Crippen LogP) is 2.69.